The first-order valence-corrected chi connectivity index (χ1v) is 8.30. The zero-order chi connectivity index (χ0) is 15.7. The lowest BCUT2D eigenvalue weighted by Gasteiger charge is -2.21. The van der Waals surface area contributed by atoms with E-state index in [2.05, 4.69) is 10.2 Å². The number of rotatable bonds is 11. The molecule has 1 aromatic heterocycles. The molecule has 0 atom stereocenters. The fraction of sp³-hybridized carbons (Fsp3) is 0.750. The molecule has 1 rings (SSSR count). The number of ether oxygens (including phenoxy) is 2. The van der Waals surface area contributed by atoms with Crippen LogP contribution in [-0.2, 0) is 26.1 Å². The molecule has 1 heterocycles. The van der Waals surface area contributed by atoms with E-state index in [1.165, 1.54) is 10.5 Å². The number of hydrogen-bond donors (Lipinski definition) is 2. The summed E-state index contributed by atoms with van der Waals surface area (Å²) < 4.78 is 36.9. The standard InChI is InChI=1S/C12H23N3O5S/c1-3-19-7-5-15(6-8-20-4-2)21(17,18)12-11(10-16)9-13-14-12/h9,16H,3-8,10H2,1-2H3,(H,13,14). The smallest absolute Gasteiger partial charge is 0.260 e. The lowest BCUT2D eigenvalue weighted by atomic mass is 10.4. The molecule has 0 bridgehead atoms. The molecule has 2 N–H and O–H groups in total. The molecule has 0 fully saturated rings. The number of aromatic nitrogens is 2. The van der Waals surface area contributed by atoms with Gasteiger partial charge in [-0.15, -0.1) is 0 Å². The molecule has 8 nitrogen and oxygen atoms in total. The Bertz CT molecular complexity index is 493. The van der Waals surface area contributed by atoms with E-state index in [0.29, 0.717) is 26.4 Å². The van der Waals surface area contributed by atoms with E-state index in [1.807, 2.05) is 13.8 Å². The Hall–Kier alpha value is -1.00. The summed E-state index contributed by atoms with van der Waals surface area (Å²) in [5, 5.41) is 15.2. The molecule has 0 aliphatic rings. The Morgan fingerprint density at radius 3 is 2.29 bits per heavy atom. The fourth-order valence-corrected chi connectivity index (χ4v) is 3.24. The van der Waals surface area contributed by atoms with E-state index in [-0.39, 0.29) is 23.7 Å². The first-order valence-electron chi connectivity index (χ1n) is 6.86. The Kier molecular flexibility index (Phi) is 7.83. The highest BCUT2D eigenvalue weighted by atomic mass is 32.2. The minimum absolute atomic E-state index is 0.0852. The van der Waals surface area contributed by atoms with Gasteiger partial charge in [-0.05, 0) is 13.8 Å². The van der Waals surface area contributed by atoms with Crippen molar-refractivity contribution in [2.45, 2.75) is 25.5 Å². The number of sulfonamides is 1. The predicted octanol–water partition coefficient (Wildman–Crippen LogP) is -0.0343. The Morgan fingerprint density at radius 1 is 1.24 bits per heavy atom. The van der Waals surface area contributed by atoms with Crippen LogP contribution in [0.25, 0.3) is 0 Å². The Balaban J connectivity index is 2.87. The highest BCUT2D eigenvalue weighted by Gasteiger charge is 2.28. The topological polar surface area (TPSA) is 105 Å². The van der Waals surface area contributed by atoms with Crippen molar-refractivity contribution in [3.05, 3.63) is 11.8 Å². The number of hydrogen-bond acceptors (Lipinski definition) is 6. The molecule has 21 heavy (non-hydrogen) atoms. The number of aliphatic hydroxyl groups excluding tert-OH is 1. The summed E-state index contributed by atoms with van der Waals surface area (Å²) in [7, 11) is -3.77. The van der Waals surface area contributed by atoms with Crippen molar-refractivity contribution in [2.75, 3.05) is 39.5 Å². The van der Waals surface area contributed by atoms with E-state index >= 15 is 0 Å². The number of nitrogens with zero attached hydrogens (tertiary/aromatic N) is 2. The maximum Gasteiger partial charge on any atom is 0.260 e. The van der Waals surface area contributed by atoms with Crippen LogP contribution in [0.2, 0.25) is 0 Å². The lowest BCUT2D eigenvalue weighted by Crippen LogP contribution is -2.37. The van der Waals surface area contributed by atoms with Crippen molar-refractivity contribution in [2.24, 2.45) is 0 Å². The van der Waals surface area contributed by atoms with E-state index in [0.717, 1.165) is 0 Å². The summed E-state index contributed by atoms with van der Waals surface area (Å²) in [6.45, 7) is 5.36. The molecular formula is C12H23N3O5S. The third kappa shape index (κ3) is 5.04. The first kappa shape index (κ1) is 18.1. The van der Waals surface area contributed by atoms with Gasteiger partial charge in [-0.1, -0.05) is 0 Å². The molecule has 0 aliphatic carbocycles. The normalized spacial score (nSPS) is 12.2. The van der Waals surface area contributed by atoms with Gasteiger partial charge in [0.05, 0.1) is 26.0 Å². The molecule has 0 radical (unpaired) electrons. The minimum Gasteiger partial charge on any atom is -0.392 e. The Labute approximate surface area is 125 Å². The molecule has 0 saturated heterocycles. The quantitative estimate of drug-likeness (QED) is 0.554. The van der Waals surface area contributed by atoms with E-state index in [1.54, 1.807) is 0 Å². The SMILES string of the molecule is CCOCCN(CCOCC)S(=O)(=O)c1[nH]ncc1CO. The third-order valence-electron chi connectivity index (χ3n) is 2.82. The highest BCUT2D eigenvalue weighted by molar-refractivity contribution is 7.89. The van der Waals surface area contributed by atoms with Crippen molar-refractivity contribution >= 4 is 10.0 Å². The average molecular weight is 321 g/mol. The van der Waals surface area contributed by atoms with Gasteiger partial charge in [-0.25, -0.2) is 8.42 Å². The van der Waals surface area contributed by atoms with Gasteiger partial charge in [-0.2, -0.15) is 9.40 Å². The molecule has 0 unspecified atom stereocenters. The number of aliphatic hydroxyl groups is 1. The van der Waals surface area contributed by atoms with Gasteiger partial charge in [0, 0.05) is 31.9 Å². The average Bonchev–Trinajstić information content (AvgIpc) is 2.95. The number of aromatic amines is 1. The van der Waals surface area contributed by atoms with Crippen LogP contribution in [-0.4, -0.2) is 67.5 Å². The molecule has 0 aromatic carbocycles. The molecule has 122 valence electrons. The second-order valence-electron chi connectivity index (χ2n) is 4.18. The summed E-state index contributed by atoms with van der Waals surface area (Å²) in [4.78, 5) is 0. The van der Waals surface area contributed by atoms with Gasteiger partial charge in [-0.3, -0.25) is 5.10 Å². The summed E-state index contributed by atoms with van der Waals surface area (Å²) in [6, 6.07) is 0. The molecule has 0 amide bonds. The van der Waals surface area contributed by atoms with Crippen LogP contribution in [0.15, 0.2) is 11.2 Å². The van der Waals surface area contributed by atoms with Crippen molar-refractivity contribution in [3.8, 4) is 0 Å². The maximum absolute atomic E-state index is 12.6. The zero-order valence-corrected chi connectivity index (χ0v) is 13.2. The van der Waals surface area contributed by atoms with Crippen LogP contribution in [0.3, 0.4) is 0 Å². The lowest BCUT2D eigenvalue weighted by molar-refractivity contribution is 0.110. The summed E-state index contributed by atoms with van der Waals surface area (Å²) in [5.74, 6) is 0. The summed E-state index contributed by atoms with van der Waals surface area (Å²) in [5.41, 5.74) is 0.243. The Morgan fingerprint density at radius 2 is 1.81 bits per heavy atom. The third-order valence-corrected chi connectivity index (χ3v) is 4.74. The van der Waals surface area contributed by atoms with Crippen LogP contribution >= 0.6 is 0 Å². The van der Waals surface area contributed by atoms with Crippen molar-refractivity contribution in [3.63, 3.8) is 0 Å². The van der Waals surface area contributed by atoms with Crippen LogP contribution < -0.4 is 0 Å². The van der Waals surface area contributed by atoms with Gasteiger partial charge in [0.2, 0.25) is 0 Å². The van der Waals surface area contributed by atoms with E-state index < -0.39 is 16.6 Å². The second-order valence-corrected chi connectivity index (χ2v) is 6.06. The maximum atomic E-state index is 12.6. The zero-order valence-electron chi connectivity index (χ0n) is 12.4. The molecule has 0 spiro atoms. The van der Waals surface area contributed by atoms with Gasteiger partial charge < -0.3 is 14.6 Å². The summed E-state index contributed by atoms with van der Waals surface area (Å²) in [6.07, 6.45) is 1.30. The summed E-state index contributed by atoms with van der Waals surface area (Å²) >= 11 is 0. The van der Waals surface area contributed by atoms with Gasteiger partial charge in [0.15, 0.2) is 5.03 Å². The van der Waals surface area contributed by atoms with Gasteiger partial charge >= 0.3 is 0 Å². The second kappa shape index (κ2) is 9.11. The molecule has 0 aliphatic heterocycles. The highest BCUT2D eigenvalue weighted by Crippen LogP contribution is 2.17. The van der Waals surface area contributed by atoms with Crippen LogP contribution in [0, 0.1) is 0 Å². The van der Waals surface area contributed by atoms with Crippen LogP contribution in [0.4, 0.5) is 0 Å². The monoisotopic (exact) mass is 321 g/mol. The molecule has 1 aromatic rings. The minimum atomic E-state index is -3.77. The predicted molar refractivity (Wildman–Crippen MR) is 76.3 cm³/mol. The van der Waals surface area contributed by atoms with Crippen LogP contribution in [0.5, 0.6) is 0 Å². The van der Waals surface area contributed by atoms with Gasteiger partial charge in [0.25, 0.3) is 10.0 Å². The van der Waals surface area contributed by atoms with E-state index in [9.17, 15) is 13.5 Å². The van der Waals surface area contributed by atoms with E-state index in [4.69, 9.17) is 9.47 Å². The largest absolute Gasteiger partial charge is 0.392 e. The van der Waals surface area contributed by atoms with Crippen molar-refractivity contribution in [1.29, 1.82) is 0 Å². The fourth-order valence-electron chi connectivity index (χ4n) is 1.74. The number of H-pyrrole nitrogens is 1. The molecule has 9 heteroatoms. The van der Waals surface area contributed by atoms with Crippen molar-refractivity contribution in [1.82, 2.24) is 14.5 Å². The van der Waals surface area contributed by atoms with Crippen molar-refractivity contribution < 1.29 is 23.0 Å². The van der Waals surface area contributed by atoms with Crippen LogP contribution in [0.1, 0.15) is 19.4 Å². The first-order chi connectivity index (χ1) is 10.1. The molecular weight excluding hydrogens is 298 g/mol. The molecule has 0 saturated carbocycles. The number of nitrogens with one attached hydrogen (secondary N) is 1. The van der Waals surface area contributed by atoms with Gasteiger partial charge in [0.1, 0.15) is 0 Å².